The van der Waals surface area contributed by atoms with E-state index >= 15 is 0 Å². The second kappa shape index (κ2) is 11.5. The molecule has 3 rings (SSSR count). The van der Waals surface area contributed by atoms with E-state index in [0.717, 1.165) is 62.6 Å². The predicted molar refractivity (Wildman–Crippen MR) is 121 cm³/mol. The van der Waals surface area contributed by atoms with Gasteiger partial charge in [0.1, 0.15) is 18.0 Å². The molecular weight excluding hydrogens is 376 g/mol. The van der Waals surface area contributed by atoms with Gasteiger partial charge in [-0.1, -0.05) is 13.0 Å². The second-order valence-corrected chi connectivity index (χ2v) is 8.07. The van der Waals surface area contributed by atoms with E-state index in [4.69, 9.17) is 0 Å². The minimum Gasteiger partial charge on any atom is -0.370 e. The van der Waals surface area contributed by atoms with Crippen molar-refractivity contribution in [2.24, 2.45) is 5.92 Å². The summed E-state index contributed by atoms with van der Waals surface area (Å²) in [7, 11) is 1.89. The van der Waals surface area contributed by atoms with E-state index in [1.807, 2.05) is 36.2 Å². The number of hydrogen-bond acceptors (Lipinski definition) is 6. The molecule has 2 aromatic rings. The van der Waals surface area contributed by atoms with Gasteiger partial charge in [-0.25, -0.2) is 9.97 Å². The summed E-state index contributed by atoms with van der Waals surface area (Å²) >= 11 is 0. The summed E-state index contributed by atoms with van der Waals surface area (Å²) in [5.41, 5.74) is 1.03. The zero-order valence-corrected chi connectivity index (χ0v) is 18.3. The first-order chi connectivity index (χ1) is 14.7. The standard InChI is InChI=1S/C23H34N6O/c1-3-12-25-21-16-22(27-18-26-21)29-14-6-7-19(17-29)9-10-23(30)28(2)15-11-20-8-4-5-13-24-20/h4-5,8,13,16,18-19H,3,6-7,9-12,14-15,17H2,1-2H3,(H,25,26,27)/t19-/m1/s1. The molecule has 0 radical (unpaired) electrons. The average molecular weight is 411 g/mol. The molecule has 0 bridgehead atoms. The molecule has 1 amide bonds. The molecule has 7 heteroatoms. The lowest BCUT2D eigenvalue weighted by Crippen LogP contribution is -2.37. The molecule has 1 saturated heterocycles. The van der Waals surface area contributed by atoms with Crippen LogP contribution in [0, 0.1) is 5.92 Å². The van der Waals surface area contributed by atoms with Crippen molar-refractivity contribution in [3.8, 4) is 0 Å². The van der Waals surface area contributed by atoms with Gasteiger partial charge in [0, 0.05) is 64.0 Å². The molecule has 1 N–H and O–H groups in total. The molecule has 1 fully saturated rings. The van der Waals surface area contributed by atoms with Crippen LogP contribution in [0.25, 0.3) is 0 Å². The molecule has 3 heterocycles. The zero-order valence-electron chi connectivity index (χ0n) is 18.3. The maximum Gasteiger partial charge on any atom is 0.222 e. The van der Waals surface area contributed by atoms with Gasteiger partial charge < -0.3 is 15.1 Å². The second-order valence-electron chi connectivity index (χ2n) is 8.07. The third-order valence-electron chi connectivity index (χ3n) is 5.67. The van der Waals surface area contributed by atoms with E-state index < -0.39 is 0 Å². The molecule has 30 heavy (non-hydrogen) atoms. The number of carbonyl (C=O) groups is 1. The number of rotatable bonds is 10. The first-order valence-electron chi connectivity index (χ1n) is 11.1. The van der Waals surface area contributed by atoms with Crippen LogP contribution in [-0.2, 0) is 11.2 Å². The van der Waals surface area contributed by atoms with E-state index in [0.29, 0.717) is 18.9 Å². The Balaban J connectivity index is 1.45. The van der Waals surface area contributed by atoms with Crippen molar-refractivity contribution in [2.45, 2.75) is 45.4 Å². The highest BCUT2D eigenvalue weighted by Crippen LogP contribution is 2.25. The number of nitrogens with zero attached hydrogens (tertiary/aromatic N) is 5. The van der Waals surface area contributed by atoms with Crippen LogP contribution in [0.5, 0.6) is 0 Å². The van der Waals surface area contributed by atoms with Gasteiger partial charge in [0.05, 0.1) is 0 Å². The first kappa shape index (κ1) is 22.0. The van der Waals surface area contributed by atoms with Gasteiger partial charge >= 0.3 is 0 Å². The quantitative estimate of drug-likeness (QED) is 0.647. The average Bonchev–Trinajstić information content (AvgIpc) is 2.80. The Morgan fingerprint density at radius 3 is 3.00 bits per heavy atom. The van der Waals surface area contributed by atoms with Gasteiger partial charge in [0.15, 0.2) is 0 Å². The lowest BCUT2D eigenvalue weighted by molar-refractivity contribution is -0.130. The molecule has 0 saturated carbocycles. The molecule has 0 aliphatic carbocycles. The third kappa shape index (κ3) is 6.68. The number of likely N-dealkylation sites (N-methyl/N-ethyl adjacent to an activating group) is 1. The van der Waals surface area contributed by atoms with Gasteiger partial charge in [0.25, 0.3) is 0 Å². The number of piperidine rings is 1. The van der Waals surface area contributed by atoms with E-state index in [2.05, 4.69) is 32.1 Å². The van der Waals surface area contributed by atoms with Crippen molar-refractivity contribution in [3.63, 3.8) is 0 Å². The molecular formula is C23H34N6O. The van der Waals surface area contributed by atoms with Crippen LogP contribution in [0.2, 0.25) is 0 Å². The summed E-state index contributed by atoms with van der Waals surface area (Å²) in [6.07, 6.45) is 9.13. The molecule has 2 aromatic heterocycles. The summed E-state index contributed by atoms with van der Waals surface area (Å²) < 4.78 is 0. The van der Waals surface area contributed by atoms with Crippen LogP contribution < -0.4 is 10.2 Å². The van der Waals surface area contributed by atoms with Crippen LogP contribution in [-0.4, -0.2) is 59.0 Å². The van der Waals surface area contributed by atoms with Crippen molar-refractivity contribution >= 4 is 17.5 Å². The fourth-order valence-electron chi connectivity index (χ4n) is 3.85. The number of anilines is 2. The fourth-order valence-corrected chi connectivity index (χ4v) is 3.85. The van der Waals surface area contributed by atoms with Crippen LogP contribution >= 0.6 is 0 Å². The van der Waals surface area contributed by atoms with Crippen LogP contribution in [0.15, 0.2) is 36.8 Å². The monoisotopic (exact) mass is 410 g/mol. The number of aromatic nitrogens is 3. The van der Waals surface area contributed by atoms with E-state index in [9.17, 15) is 4.79 Å². The molecule has 1 aliphatic rings. The maximum absolute atomic E-state index is 12.6. The Morgan fingerprint density at radius 2 is 2.20 bits per heavy atom. The Morgan fingerprint density at radius 1 is 1.30 bits per heavy atom. The van der Waals surface area contributed by atoms with Gasteiger partial charge in [-0.3, -0.25) is 9.78 Å². The first-order valence-corrected chi connectivity index (χ1v) is 11.1. The summed E-state index contributed by atoms with van der Waals surface area (Å²) in [5.74, 6) is 2.60. The lowest BCUT2D eigenvalue weighted by atomic mass is 9.93. The Hall–Kier alpha value is -2.70. The number of pyridine rings is 1. The Bertz CT molecular complexity index is 784. The fraction of sp³-hybridized carbons (Fsp3) is 0.565. The largest absolute Gasteiger partial charge is 0.370 e. The van der Waals surface area contributed by atoms with Crippen LogP contribution in [0.4, 0.5) is 11.6 Å². The van der Waals surface area contributed by atoms with Crippen molar-refractivity contribution in [1.82, 2.24) is 19.9 Å². The number of amides is 1. The number of carbonyl (C=O) groups excluding carboxylic acids is 1. The van der Waals surface area contributed by atoms with Gasteiger partial charge in [-0.2, -0.15) is 0 Å². The molecule has 162 valence electrons. The minimum atomic E-state index is 0.219. The smallest absolute Gasteiger partial charge is 0.222 e. The Kier molecular flexibility index (Phi) is 8.41. The normalized spacial score (nSPS) is 16.3. The van der Waals surface area contributed by atoms with Gasteiger partial charge in [-0.05, 0) is 43.7 Å². The topological polar surface area (TPSA) is 74.2 Å². The lowest BCUT2D eigenvalue weighted by Gasteiger charge is -2.33. The van der Waals surface area contributed by atoms with E-state index in [-0.39, 0.29) is 5.91 Å². The molecule has 1 aliphatic heterocycles. The predicted octanol–water partition coefficient (Wildman–Crippen LogP) is 3.39. The molecule has 0 spiro atoms. The molecule has 0 aromatic carbocycles. The number of nitrogens with one attached hydrogen (secondary N) is 1. The summed E-state index contributed by atoms with van der Waals surface area (Å²) in [5, 5.41) is 3.33. The van der Waals surface area contributed by atoms with Crippen molar-refractivity contribution in [3.05, 3.63) is 42.5 Å². The zero-order chi connectivity index (χ0) is 21.2. The molecule has 7 nitrogen and oxygen atoms in total. The highest BCUT2D eigenvalue weighted by Gasteiger charge is 2.22. The van der Waals surface area contributed by atoms with Crippen molar-refractivity contribution < 1.29 is 4.79 Å². The SMILES string of the molecule is CCCNc1cc(N2CCC[C@H](CCC(=O)N(C)CCc3ccccn3)C2)ncn1. The van der Waals surface area contributed by atoms with Crippen LogP contribution in [0.1, 0.15) is 44.7 Å². The van der Waals surface area contributed by atoms with E-state index in [1.54, 1.807) is 12.5 Å². The maximum atomic E-state index is 12.6. The van der Waals surface area contributed by atoms with Gasteiger partial charge in [-0.15, -0.1) is 0 Å². The summed E-state index contributed by atoms with van der Waals surface area (Å²) in [4.78, 5) is 29.9. The van der Waals surface area contributed by atoms with Gasteiger partial charge in [0.2, 0.25) is 5.91 Å². The highest BCUT2D eigenvalue weighted by molar-refractivity contribution is 5.75. The Labute approximate surface area is 179 Å². The third-order valence-corrected chi connectivity index (χ3v) is 5.67. The minimum absolute atomic E-state index is 0.219. The molecule has 0 unspecified atom stereocenters. The van der Waals surface area contributed by atoms with E-state index in [1.165, 1.54) is 6.42 Å². The number of hydrogen-bond donors (Lipinski definition) is 1. The van der Waals surface area contributed by atoms with Crippen LogP contribution in [0.3, 0.4) is 0 Å². The van der Waals surface area contributed by atoms with Crippen molar-refractivity contribution in [1.29, 1.82) is 0 Å². The molecule has 1 atom stereocenters. The summed E-state index contributed by atoms with van der Waals surface area (Å²) in [6, 6.07) is 7.94. The van der Waals surface area contributed by atoms with Crippen molar-refractivity contribution in [2.75, 3.05) is 43.4 Å². The summed E-state index contributed by atoms with van der Waals surface area (Å²) in [6.45, 7) is 5.73. The highest BCUT2D eigenvalue weighted by atomic mass is 16.2.